The van der Waals surface area contributed by atoms with Gasteiger partial charge in [-0.1, -0.05) is 11.6 Å². The highest BCUT2D eigenvalue weighted by atomic mass is 19.4. The molecule has 0 aromatic rings. The lowest BCUT2D eigenvalue weighted by atomic mass is 9.80. The minimum absolute atomic E-state index is 0.254. The summed E-state index contributed by atoms with van der Waals surface area (Å²) < 4.78 is 42.8. The Bertz CT molecular complexity index is 288. The van der Waals surface area contributed by atoms with Gasteiger partial charge in [0.05, 0.1) is 12.5 Å². The number of methoxy groups -OCH3 is 1. The van der Waals surface area contributed by atoms with Gasteiger partial charge in [0, 0.05) is 6.42 Å². The summed E-state index contributed by atoms with van der Waals surface area (Å²) in [6.45, 7) is 2.75. The van der Waals surface area contributed by atoms with Crippen LogP contribution in [0.1, 0.15) is 13.8 Å². The van der Waals surface area contributed by atoms with Crippen LogP contribution in [-0.2, 0) is 4.74 Å². The molecule has 0 bridgehead atoms. The average molecular weight is 205 g/mol. The van der Waals surface area contributed by atoms with Gasteiger partial charge in [0.2, 0.25) is 0 Å². The van der Waals surface area contributed by atoms with Crippen molar-refractivity contribution in [3.63, 3.8) is 0 Å². The van der Waals surface area contributed by atoms with Crippen LogP contribution in [0.25, 0.3) is 0 Å². The molecular weight excluding hydrogens is 193 g/mol. The quantitative estimate of drug-likeness (QED) is 0.638. The maximum absolute atomic E-state index is 12.6. The average Bonchev–Trinajstić information content (AvgIpc) is 2.00. The number of hydrogen-bond donors (Lipinski definition) is 0. The molecule has 0 spiro atoms. The van der Waals surface area contributed by atoms with Crippen molar-refractivity contribution in [3.05, 3.63) is 29.9 Å². The van der Waals surface area contributed by atoms with E-state index in [2.05, 4.69) is 0 Å². The summed E-state index contributed by atoms with van der Waals surface area (Å²) in [6.07, 6.45) is -0.435. The Morgan fingerprint density at radius 3 is 2.36 bits per heavy atom. The van der Waals surface area contributed by atoms with E-state index in [-0.39, 0.29) is 5.76 Å². The molecule has 0 aromatic heterocycles. The first-order chi connectivity index (χ1) is 6.28. The number of ether oxygens (including phenoxy) is 1. The molecule has 14 heavy (non-hydrogen) atoms. The van der Waals surface area contributed by atoms with Crippen molar-refractivity contribution in [3.8, 4) is 0 Å². The fourth-order valence-corrected chi connectivity index (χ4v) is 1.40. The molecule has 0 heterocycles. The molecule has 1 unspecified atom stereocenters. The third kappa shape index (κ3) is 1.94. The van der Waals surface area contributed by atoms with Gasteiger partial charge >= 0.3 is 6.18 Å². The highest BCUT2D eigenvalue weighted by Gasteiger charge is 2.51. The van der Waals surface area contributed by atoms with E-state index in [1.807, 2.05) is 0 Å². The van der Waals surface area contributed by atoms with Gasteiger partial charge in [-0.05, 0) is 19.9 Å². The Morgan fingerprint density at radius 1 is 1.36 bits per heavy atom. The predicted octanol–water partition coefficient (Wildman–Crippen LogP) is 3.25. The van der Waals surface area contributed by atoms with Crippen molar-refractivity contribution >= 4 is 0 Å². The topological polar surface area (TPSA) is 9.23 Å². The van der Waals surface area contributed by atoms with E-state index in [0.717, 1.165) is 13.3 Å². The third-order valence-corrected chi connectivity index (χ3v) is 2.19. The van der Waals surface area contributed by atoms with Crippen LogP contribution < -0.4 is 0 Å². The van der Waals surface area contributed by atoms with Crippen molar-refractivity contribution < 1.29 is 17.9 Å². The monoisotopic (exact) mass is 205 g/mol. The molecule has 0 saturated carbocycles. The molecule has 1 radical (unpaired) electrons. The normalized spacial score (nSPS) is 28.1. The first kappa shape index (κ1) is 11.1. The molecule has 0 aromatic carbocycles. The summed E-state index contributed by atoms with van der Waals surface area (Å²) in [5.41, 5.74) is -1.36. The van der Waals surface area contributed by atoms with Gasteiger partial charge < -0.3 is 4.74 Å². The Hall–Kier alpha value is -0.930. The van der Waals surface area contributed by atoms with Crippen molar-refractivity contribution in [2.45, 2.75) is 20.0 Å². The Morgan fingerprint density at radius 2 is 1.93 bits per heavy atom. The van der Waals surface area contributed by atoms with Crippen LogP contribution in [0.15, 0.2) is 23.5 Å². The standard InChI is InChI=1S/C10H12F3O/c1-7-4-8(14-3)6-9(2,5-7)10(11,12)13/h4-6H,1-3H3. The summed E-state index contributed by atoms with van der Waals surface area (Å²) in [7, 11) is 1.36. The van der Waals surface area contributed by atoms with Crippen LogP contribution in [0.5, 0.6) is 0 Å². The Labute approximate surface area is 81.2 Å². The molecule has 0 fully saturated rings. The van der Waals surface area contributed by atoms with Gasteiger partial charge in [0.1, 0.15) is 5.76 Å². The van der Waals surface area contributed by atoms with Crippen LogP contribution in [0.3, 0.4) is 0 Å². The lowest BCUT2D eigenvalue weighted by Gasteiger charge is -2.32. The molecule has 4 heteroatoms. The predicted molar refractivity (Wildman–Crippen MR) is 47.3 cm³/mol. The van der Waals surface area contributed by atoms with Gasteiger partial charge in [-0.15, -0.1) is 0 Å². The second-order valence-corrected chi connectivity index (χ2v) is 3.56. The van der Waals surface area contributed by atoms with E-state index in [4.69, 9.17) is 4.74 Å². The molecule has 1 nitrogen and oxygen atoms in total. The van der Waals surface area contributed by atoms with E-state index < -0.39 is 11.6 Å². The van der Waals surface area contributed by atoms with Crippen LogP contribution in [0.4, 0.5) is 13.2 Å². The zero-order valence-electron chi connectivity index (χ0n) is 8.27. The van der Waals surface area contributed by atoms with Crippen LogP contribution in [-0.4, -0.2) is 13.3 Å². The minimum atomic E-state index is -4.29. The summed E-state index contributed by atoms with van der Waals surface area (Å²) in [6, 6.07) is 0. The molecule has 0 aliphatic heterocycles. The van der Waals surface area contributed by atoms with Gasteiger partial charge in [-0.2, -0.15) is 13.2 Å². The van der Waals surface area contributed by atoms with E-state index in [9.17, 15) is 13.2 Å². The van der Waals surface area contributed by atoms with Crippen LogP contribution in [0, 0.1) is 11.8 Å². The first-order valence-electron chi connectivity index (χ1n) is 4.16. The van der Waals surface area contributed by atoms with Crippen molar-refractivity contribution in [1.82, 2.24) is 0 Å². The number of halogens is 3. The number of rotatable bonds is 1. The van der Waals surface area contributed by atoms with Gasteiger partial charge in [-0.3, -0.25) is 0 Å². The molecule has 1 aliphatic carbocycles. The molecule has 0 amide bonds. The zero-order valence-corrected chi connectivity index (χ0v) is 8.27. The summed E-state index contributed by atoms with van der Waals surface area (Å²) >= 11 is 0. The van der Waals surface area contributed by atoms with E-state index in [1.165, 1.54) is 13.2 Å². The first-order valence-corrected chi connectivity index (χ1v) is 4.16. The molecule has 1 atom stereocenters. The summed E-state index contributed by atoms with van der Waals surface area (Å²) in [5.74, 6) is 0.254. The van der Waals surface area contributed by atoms with Gasteiger partial charge in [0.15, 0.2) is 0 Å². The smallest absolute Gasteiger partial charge is 0.398 e. The Balaban J connectivity index is 3.02. The second-order valence-electron chi connectivity index (χ2n) is 3.56. The SMILES string of the molecule is COC1=CC(C)=CC(C)(C(F)(F)F)[CH]1. The summed E-state index contributed by atoms with van der Waals surface area (Å²) in [4.78, 5) is 0. The van der Waals surface area contributed by atoms with Crippen LogP contribution >= 0.6 is 0 Å². The van der Waals surface area contributed by atoms with E-state index >= 15 is 0 Å². The largest absolute Gasteiger partial charge is 0.501 e. The lowest BCUT2D eigenvalue weighted by molar-refractivity contribution is -0.189. The second kappa shape index (κ2) is 3.33. The molecule has 1 rings (SSSR count). The lowest BCUT2D eigenvalue weighted by Crippen LogP contribution is -2.36. The summed E-state index contributed by atoms with van der Waals surface area (Å²) in [5, 5.41) is 0. The molecule has 0 N–H and O–H groups in total. The van der Waals surface area contributed by atoms with E-state index in [1.54, 1.807) is 13.0 Å². The number of alkyl halides is 3. The van der Waals surface area contributed by atoms with Crippen LogP contribution in [0.2, 0.25) is 0 Å². The highest BCUT2D eigenvalue weighted by Crippen LogP contribution is 2.46. The maximum Gasteiger partial charge on any atom is 0.398 e. The minimum Gasteiger partial charge on any atom is -0.501 e. The van der Waals surface area contributed by atoms with Crippen molar-refractivity contribution in [2.75, 3.05) is 7.11 Å². The number of hydrogen-bond acceptors (Lipinski definition) is 1. The third-order valence-electron chi connectivity index (χ3n) is 2.19. The molecule has 79 valence electrons. The van der Waals surface area contributed by atoms with Gasteiger partial charge in [-0.25, -0.2) is 0 Å². The van der Waals surface area contributed by atoms with Crippen molar-refractivity contribution in [1.29, 1.82) is 0 Å². The van der Waals surface area contributed by atoms with E-state index in [0.29, 0.717) is 5.57 Å². The zero-order chi connectivity index (χ0) is 11.0. The van der Waals surface area contributed by atoms with Gasteiger partial charge in [0.25, 0.3) is 0 Å². The Kier molecular flexibility index (Phi) is 2.65. The maximum atomic E-state index is 12.6. The van der Waals surface area contributed by atoms with Crippen molar-refractivity contribution in [2.24, 2.45) is 5.41 Å². The molecule has 1 aliphatic rings. The fraction of sp³-hybridized carbons (Fsp3) is 0.500. The molecular formula is C10H12F3O. The highest BCUT2D eigenvalue weighted by molar-refractivity contribution is 5.35. The molecule has 0 saturated heterocycles. The fourth-order valence-electron chi connectivity index (χ4n) is 1.40. The number of allylic oxidation sites excluding steroid dienone is 4.